The number of carboxylic acids is 1. The highest BCUT2D eigenvalue weighted by atomic mass is 19.2. The van der Waals surface area contributed by atoms with Gasteiger partial charge in [-0.2, -0.15) is 0 Å². The van der Waals surface area contributed by atoms with E-state index in [1.807, 2.05) is 0 Å². The summed E-state index contributed by atoms with van der Waals surface area (Å²) >= 11 is 0. The second kappa shape index (κ2) is 9.62. The number of nitrogens with zero attached hydrogens (tertiary/aromatic N) is 3. The lowest BCUT2D eigenvalue weighted by Crippen LogP contribution is -2.69. The number of carbonyl (C=O) groups is 1. The molecule has 1 unspecified atom stereocenters. The lowest BCUT2D eigenvalue weighted by Gasteiger charge is -2.56. The van der Waals surface area contributed by atoms with Crippen molar-refractivity contribution in [2.24, 2.45) is 0 Å². The van der Waals surface area contributed by atoms with Gasteiger partial charge in [0.2, 0.25) is 0 Å². The van der Waals surface area contributed by atoms with Crippen molar-refractivity contribution in [1.29, 1.82) is 0 Å². The summed E-state index contributed by atoms with van der Waals surface area (Å²) in [5, 5.41) is 17.8. The average Bonchev–Trinajstić information content (AvgIpc) is 3.33. The van der Waals surface area contributed by atoms with Crippen molar-refractivity contribution < 1.29 is 46.8 Å². The summed E-state index contributed by atoms with van der Waals surface area (Å²) in [6.07, 6.45) is -0.217. The van der Waals surface area contributed by atoms with Crippen LogP contribution in [0.4, 0.5) is 13.2 Å². The molecule has 0 saturated carbocycles. The molecule has 0 radical (unpaired) electrons. The number of ether oxygens (including phenoxy) is 5. The van der Waals surface area contributed by atoms with Crippen LogP contribution in [0.2, 0.25) is 0 Å². The van der Waals surface area contributed by atoms with Gasteiger partial charge >= 0.3 is 5.97 Å². The van der Waals surface area contributed by atoms with E-state index in [1.54, 1.807) is 13.8 Å². The Bertz CT molecular complexity index is 1150. The highest BCUT2D eigenvalue weighted by Gasteiger charge is 2.61. The maximum Gasteiger partial charge on any atom is 0.332 e. The summed E-state index contributed by atoms with van der Waals surface area (Å²) in [5.41, 5.74) is 0.0373. The molecule has 1 N–H and O–H groups in total. The van der Waals surface area contributed by atoms with Gasteiger partial charge in [0, 0.05) is 12.0 Å². The number of fused-ring (bicyclic) bond motifs is 1. The molecule has 2 aromatic rings. The topological polar surface area (TPSA) is 114 Å². The van der Waals surface area contributed by atoms with Crippen molar-refractivity contribution in [3.8, 4) is 11.3 Å². The van der Waals surface area contributed by atoms with Crippen LogP contribution >= 0.6 is 0 Å². The van der Waals surface area contributed by atoms with Gasteiger partial charge in [0.25, 0.3) is 0 Å². The number of hydrogen-bond donors (Lipinski definition) is 1. The van der Waals surface area contributed by atoms with Gasteiger partial charge in [-0.05, 0) is 45.7 Å². The van der Waals surface area contributed by atoms with Crippen molar-refractivity contribution in [3.05, 3.63) is 35.8 Å². The first-order valence-electron chi connectivity index (χ1n) is 12.1. The number of carboxylic acid groups (broad SMARTS) is 1. The molecule has 3 aliphatic heterocycles. The van der Waals surface area contributed by atoms with Gasteiger partial charge in [0.15, 0.2) is 35.1 Å². The van der Waals surface area contributed by atoms with Crippen molar-refractivity contribution >= 4 is 5.97 Å². The zero-order valence-corrected chi connectivity index (χ0v) is 20.5. The predicted molar refractivity (Wildman–Crippen MR) is 119 cm³/mol. The van der Waals surface area contributed by atoms with E-state index in [1.165, 1.54) is 17.8 Å². The third-order valence-corrected chi connectivity index (χ3v) is 6.87. The summed E-state index contributed by atoms with van der Waals surface area (Å²) in [4.78, 5) is 11.8. The average molecular weight is 527 g/mol. The molecule has 1 aromatic carbocycles. The van der Waals surface area contributed by atoms with Gasteiger partial charge in [-0.15, -0.1) is 5.10 Å². The van der Waals surface area contributed by atoms with Gasteiger partial charge in [-0.3, -0.25) is 0 Å². The van der Waals surface area contributed by atoms with E-state index in [9.17, 15) is 23.1 Å². The molecule has 202 valence electrons. The summed E-state index contributed by atoms with van der Waals surface area (Å²) < 4.78 is 73.4. The van der Waals surface area contributed by atoms with Crippen molar-refractivity contribution in [1.82, 2.24) is 15.0 Å². The van der Waals surface area contributed by atoms with E-state index < -0.39 is 65.5 Å². The number of hydrogen-bond acceptors (Lipinski definition) is 8. The molecule has 3 saturated heterocycles. The Morgan fingerprint density at radius 3 is 2.57 bits per heavy atom. The molecule has 4 heterocycles. The van der Waals surface area contributed by atoms with Gasteiger partial charge in [0.1, 0.15) is 30.0 Å². The number of aromatic nitrogens is 3. The van der Waals surface area contributed by atoms with Crippen molar-refractivity contribution in [3.63, 3.8) is 0 Å². The second-order valence-electron chi connectivity index (χ2n) is 9.93. The fraction of sp³-hybridized carbons (Fsp3) is 0.625. The fourth-order valence-electron chi connectivity index (χ4n) is 5.08. The Labute approximate surface area is 210 Å². The number of aliphatic carboxylic acids is 1. The Balaban J connectivity index is 1.60. The van der Waals surface area contributed by atoms with Crippen LogP contribution in [0, 0.1) is 17.5 Å². The van der Waals surface area contributed by atoms with E-state index in [0.29, 0.717) is 13.0 Å². The van der Waals surface area contributed by atoms with E-state index >= 15 is 0 Å². The molecule has 1 aromatic heterocycles. The molecule has 13 heteroatoms. The molecule has 6 atom stereocenters. The Morgan fingerprint density at radius 1 is 1.19 bits per heavy atom. The third kappa shape index (κ3) is 4.86. The molecule has 3 fully saturated rings. The smallest absolute Gasteiger partial charge is 0.332 e. The lowest BCUT2D eigenvalue weighted by atomic mass is 9.85. The fourth-order valence-corrected chi connectivity index (χ4v) is 5.08. The van der Waals surface area contributed by atoms with E-state index in [-0.39, 0.29) is 17.9 Å². The van der Waals surface area contributed by atoms with E-state index in [2.05, 4.69) is 10.3 Å². The Hall–Kier alpha value is -2.58. The van der Waals surface area contributed by atoms with Crippen LogP contribution in [-0.4, -0.2) is 75.3 Å². The van der Waals surface area contributed by atoms with Crippen LogP contribution in [-0.2, 0) is 28.5 Å². The molecule has 0 amide bonds. The zero-order chi connectivity index (χ0) is 26.5. The molecule has 5 rings (SSSR count). The molecule has 37 heavy (non-hydrogen) atoms. The minimum atomic E-state index is -1.59. The van der Waals surface area contributed by atoms with Gasteiger partial charge < -0.3 is 28.8 Å². The van der Waals surface area contributed by atoms with Crippen molar-refractivity contribution in [2.45, 2.75) is 82.1 Å². The molecular formula is C24H28F3N3O7. The summed E-state index contributed by atoms with van der Waals surface area (Å²) in [5.74, 6) is -7.82. The minimum absolute atomic E-state index is 0.0283. The van der Waals surface area contributed by atoms with E-state index in [0.717, 1.165) is 25.0 Å². The first-order chi connectivity index (χ1) is 17.5. The second-order valence-corrected chi connectivity index (χ2v) is 9.93. The van der Waals surface area contributed by atoms with Crippen LogP contribution in [0.3, 0.4) is 0 Å². The minimum Gasteiger partial charge on any atom is -0.479 e. The molecule has 3 aliphatic rings. The maximum absolute atomic E-state index is 13.9. The summed E-state index contributed by atoms with van der Waals surface area (Å²) in [7, 11) is 0. The molecular weight excluding hydrogens is 499 g/mol. The molecule has 0 aliphatic carbocycles. The molecule has 1 spiro atoms. The first-order valence-corrected chi connectivity index (χ1v) is 12.1. The van der Waals surface area contributed by atoms with Gasteiger partial charge in [0.05, 0.1) is 19.4 Å². The van der Waals surface area contributed by atoms with E-state index in [4.69, 9.17) is 23.7 Å². The normalized spacial score (nSPS) is 32.2. The highest BCUT2D eigenvalue weighted by molar-refractivity contribution is 5.71. The number of halogens is 3. The van der Waals surface area contributed by atoms with Crippen LogP contribution in [0.15, 0.2) is 18.3 Å². The Kier molecular flexibility index (Phi) is 6.77. The van der Waals surface area contributed by atoms with Gasteiger partial charge in [-0.1, -0.05) is 5.21 Å². The SMILES string of the molecule is CC(O[C@@H]1[C@@H](n2cc(-c3cc(F)c(F)c(F)c3)nn2)[C@H]2OC(C)(C)OC[C@H]2O[C@@]12CCCCO2)C(=O)O. The van der Waals surface area contributed by atoms with Crippen molar-refractivity contribution in [2.75, 3.05) is 13.2 Å². The quantitative estimate of drug-likeness (QED) is 0.586. The summed E-state index contributed by atoms with van der Waals surface area (Å²) in [6, 6.07) is 0.817. The Morgan fingerprint density at radius 2 is 1.92 bits per heavy atom. The maximum atomic E-state index is 13.9. The van der Waals surface area contributed by atoms with Crippen LogP contribution in [0.25, 0.3) is 11.3 Å². The van der Waals surface area contributed by atoms with Crippen LogP contribution in [0.1, 0.15) is 46.1 Å². The predicted octanol–water partition coefficient (Wildman–Crippen LogP) is 3.21. The molecule has 0 bridgehead atoms. The zero-order valence-electron chi connectivity index (χ0n) is 20.5. The van der Waals surface area contributed by atoms with Crippen LogP contribution < -0.4 is 0 Å². The lowest BCUT2D eigenvalue weighted by molar-refractivity contribution is -0.418. The summed E-state index contributed by atoms with van der Waals surface area (Å²) in [6.45, 7) is 5.39. The number of rotatable bonds is 5. The number of benzene rings is 1. The molecule has 10 nitrogen and oxygen atoms in total. The van der Waals surface area contributed by atoms with Gasteiger partial charge in [-0.25, -0.2) is 22.6 Å². The first kappa shape index (κ1) is 26.0. The standard InChI is InChI=1S/C24H28F3N3O7/c1-12(22(31)32)35-21-19(30-10-16(28-29-30)13-8-14(25)18(27)15(26)9-13)20-17(11-34-23(2,3)37-20)36-24(21)6-4-5-7-33-24/h8-10,12,17,19-21H,4-7,11H2,1-3H3,(H,31,32)/t12?,17-,19+,20+,21-,24+/m1/s1. The van der Waals surface area contributed by atoms with Crippen LogP contribution in [0.5, 0.6) is 0 Å². The highest BCUT2D eigenvalue weighted by Crippen LogP contribution is 2.48. The largest absolute Gasteiger partial charge is 0.479 e. The monoisotopic (exact) mass is 527 g/mol. The third-order valence-electron chi connectivity index (χ3n) is 6.87.